The third-order valence-electron chi connectivity index (χ3n) is 2.28. The highest BCUT2D eigenvalue weighted by Crippen LogP contribution is 2.32. The summed E-state index contributed by atoms with van der Waals surface area (Å²) in [5, 5.41) is 5.92. The number of halogens is 2. The van der Waals surface area contributed by atoms with Gasteiger partial charge in [0.2, 0.25) is 5.91 Å². The monoisotopic (exact) mass is 362 g/mol. The molecule has 1 aromatic carbocycles. The van der Waals surface area contributed by atoms with Gasteiger partial charge in [-0.3, -0.25) is 4.79 Å². The summed E-state index contributed by atoms with van der Waals surface area (Å²) in [5.74, 6) is 0.0329. The molecule has 0 radical (unpaired) electrons. The number of hydrogen-bond acceptors (Lipinski definition) is 2. The Morgan fingerprint density at radius 2 is 1.88 bits per heavy atom. The van der Waals surface area contributed by atoms with Gasteiger partial charge in [0.05, 0.1) is 5.69 Å². The first-order chi connectivity index (χ1) is 8.04. The summed E-state index contributed by atoms with van der Waals surface area (Å²) in [5.41, 5.74) is 1.93. The van der Waals surface area contributed by atoms with E-state index in [1.807, 2.05) is 26.1 Å². The summed E-state index contributed by atoms with van der Waals surface area (Å²) in [6.07, 6.45) is 1.36. The molecule has 17 heavy (non-hydrogen) atoms. The lowest BCUT2D eigenvalue weighted by molar-refractivity contribution is -0.116. The van der Waals surface area contributed by atoms with Crippen molar-refractivity contribution in [3.05, 3.63) is 26.6 Å². The molecule has 0 aliphatic rings. The highest BCUT2D eigenvalue weighted by atomic mass is 79.9. The van der Waals surface area contributed by atoms with Crippen LogP contribution in [0.5, 0.6) is 0 Å². The highest BCUT2D eigenvalue weighted by molar-refractivity contribution is 9.11. The first-order valence-corrected chi connectivity index (χ1v) is 7.03. The Labute approximate surface area is 119 Å². The second-order valence-electron chi connectivity index (χ2n) is 3.86. The third-order valence-corrected chi connectivity index (χ3v) is 3.53. The summed E-state index contributed by atoms with van der Waals surface area (Å²) in [6.45, 7) is 2.86. The molecule has 0 spiro atoms. The molecule has 0 bridgehead atoms. The molecule has 0 fully saturated rings. The van der Waals surface area contributed by atoms with Crippen LogP contribution in [0.2, 0.25) is 0 Å². The maximum absolute atomic E-state index is 11.7. The van der Waals surface area contributed by atoms with Crippen LogP contribution in [-0.4, -0.2) is 19.5 Å². The molecule has 3 nitrogen and oxygen atoms in total. The molecule has 0 saturated heterocycles. The fourth-order valence-electron chi connectivity index (χ4n) is 1.45. The van der Waals surface area contributed by atoms with Crippen molar-refractivity contribution in [3.8, 4) is 0 Å². The molecule has 0 aromatic heterocycles. The zero-order valence-electron chi connectivity index (χ0n) is 9.94. The van der Waals surface area contributed by atoms with Crippen molar-refractivity contribution in [1.29, 1.82) is 0 Å². The van der Waals surface area contributed by atoms with Crippen molar-refractivity contribution in [3.63, 3.8) is 0 Å². The van der Waals surface area contributed by atoms with E-state index in [2.05, 4.69) is 42.5 Å². The lowest BCUT2D eigenvalue weighted by Crippen LogP contribution is -2.15. The predicted octanol–water partition coefficient (Wildman–Crippen LogP) is 3.46. The summed E-state index contributed by atoms with van der Waals surface area (Å²) in [6, 6.07) is 3.96. The Hall–Kier alpha value is -0.390. The van der Waals surface area contributed by atoms with Gasteiger partial charge in [-0.15, -0.1) is 0 Å². The van der Waals surface area contributed by atoms with Crippen molar-refractivity contribution in [2.24, 2.45) is 0 Å². The Morgan fingerprint density at radius 3 is 2.41 bits per heavy atom. The van der Waals surface area contributed by atoms with Gasteiger partial charge >= 0.3 is 0 Å². The van der Waals surface area contributed by atoms with Crippen LogP contribution in [0, 0.1) is 6.92 Å². The number of carbonyl (C=O) groups is 1. The van der Waals surface area contributed by atoms with Crippen LogP contribution < -0.4 is 10.6 Å². The van der Waals surface area contributed by atoms with Gasteiger partial charge in [-0.05, 0) is 76.5 Å². The van der Waals surface area contributed by atoms with Gasteiger partial charge in [-0.2, -0.15) is 0 Å². The lowest BCUT2D eigenvalue weighted by Gasteiger charge is -2.10. The number of rotatable bonds is 5. The average Bonchev–Trinajstić information content (AvgIpc) is 2.24. The van der Waals surface area contributed by atoms with Crippen LogP contribution in [0.1, 0.15) is 18.4 Å². The SMILES string of the molecule is CNCCCC(=O)Nc1c(Br)cc(C)cc1Br. The van der Waals surface area contributed by atoms with Crippen LogP contribution in [-0.2, 0) is 4.79 Å². The normalized spacial score (nSPS) is 10.4. The Bertz CT molecular complexity index is 384. The number of hydrogen-bond donors (Lipinski definition) is 2. The third kappa shape index (κ3) is 4.77. The molecule has 0 aliphatic carbocycles. The highest BCUT2D eigenvalue weighted by Gasteiger charge is 2.09. The first-order valence-electron chi connectivity index (χ1n) is 5.44. The molecule has 0 unspecified atom stereocenters. The van der Waals surface area contributed by atoms with E-state index < -0.39 is 0 Å². The Morgan fingerprint density at radius 1 is 1.29 bits per heavy atom. The zero-order valence-corrected chi connectivity index (χ0v) is 13.1. The van der Waals surface area contributed by atoms with E-state index >= 15 is 0 Å². The number of nitrogens with one attached hydrogen (secondary N) is 2. The van der Waals surface area contributed by atoms with Gasteiger partial charge in [0.25, 0.3) is 0 Å². The quantitative estimate of drug-likeness (QED) is 0.786. The summed E-state index contributed by atoms with van der Waals surface area (Å²) < 4.78 is 1.79. The molecular weight excluding hydrogens is 348 g/mol. The van der Waals surface area contributed by atoms with Crippen LogP contribution in [0.4, 0.5) is 5.69 Å². The molecule has 1 rings (SSSR count). The second-order valence-corrected chi connectivity index (χ2v) is 5.57. The Balaban J connectivity index is 2.65. The maximum atomic E-state index is 11.7. The van der Waals surface area contributed by atoms with Crippen LogP contribution in [0.25, 0.3) is 0 Å². The van der Waals surface area contributed by atoms with Crippen LogP contribution >= 0.6 is 31.9 Å². The van der Waals surface area contributed by atoms with Crippen molar-refractivity contribution < 1.29 is 4.79 Å². The minimum Gasteiger partial charge on any atom is -0.324 e. The zero-order chi connectivity index (χ0) is 12.8. The van der Waals surface area contributed by atoms with E-state index in [9.17, 15) is 4.79 Å². The topological polar surface area (TPSA) is 41.1 Å². The van der Waals surface area contributed by atoms with E-state index in [4.69, 9.17) is 0 Å². The predicted molar refractivity (Wildman–Crippen MR) is 78.4 cm³/mol. The molecule has 0 aliphatic heterocycles. The second kappa shape index (κ2) is 7.13. The minimum atomic E-state index is 0.0329. The van der Waals surface area contributed by atoms with E-state index in [0.29, 0.717) is 6.42 Å². The molecule has 94 valence electrons. The van der Waals surface area contributed by atoms with Crippen molar-refractivity contribution in [2.45, 2.75) is 19.8 Å². The Kier molecular flexibility index (Phi) is 6.16. The summed E-state index contributed by atoms with van der Waals surface area (Å²) in [4.78, 5) is 11.7. The smallest absolute Gasteiger partial charge is 0.224 e. The van der Waals surface area contributed by atoms with Gasteiger partial charge in [0.1, 0.15) is 0 Å². The summed E-state index contributed by atoms with van der Waals surface area (Å²) >= 11 is 6.90. The van der Waals surface area contributed by atoms with Gasteiger partial charge in [0.15, 0.2) is 0 Å². The number of amides is 1. The minimum absolute atomic E-state index is 0.0329. The molecule has 1 aromatic rings. The first kappa shape index (κ1) is 14.7. The van der Waals surface area contributed by atoms with Crippen LogP contribution in [0.15, 0.2) is 21.1 Å². The molecule has 0 heterocycles. The average molecular weight is 364 g/mol. The number of aryl methyl sites for hydroxylation is 1. The standard InChI is InChI=1S/C12H16Br2N2O/c1-8-6-9(13)12(10(14)7-8)16-11(17)4-3-5-15-2/h6-7,15H,3-5H2,1-2H3,(H,16,17). The van der Waals surface area contributed by atoms with E-state index in [1.54, 1.807) is 0 Å². The molecular formula is C12H16Br2N2O. The van der Waals surface area contributed by atoms with Gasteiger partial charge in [-0.1, -0.05) is 0 Å². The number of anilines is 1. The van der Waals surface area contributed by atoms with Gasteiger partial charge in [-0.25, -0.2) is 0 Å². The fourth-order valence-corrected chi connectivity index (χ4v) is 3.06. The number of benzene rings is 1. The largest absolute Gasteiger partial charge is 0.324 e. The van der Waals surface area contributed by atoms with Crippen LogP contribution in [0.3, 0.4) is 0 Å². The van der Waals surface area contributed by atoms with Crippen molar-refractivity contribution >= 4 is 43.5 Å². The van der Waals surface area contributed by atoms with E-state index in [0.717, 1.165) is 33.2 Å². The lowest BCUT2D eigenvalue weighted by atomic mass is 10.2. The molecule has 0 saturated carbocycles. The van der Waals surface area contributed by atoms with Crippen molar-refractivity contribution in [2.75, 3.05) is 18.9 Å². The van der Waals surface area contributed by atoms with Gasteiger partial charge < -0.3 is 10.6 Å². The van der Waals surface area contributed by atoms with Gasteiger partial charge in [0, 0.05) is 15.4 Å². The van der Waals surface area contributed by atoms with E-state index in [1.165, 1.54) is 0 Å². The fraction of sp³-hybridized carbons (Fsp3) is 0.417. The van der Waals surface area contributed by atoms with E-state index in [-0.39, 0.29) is 5.91 Å². The maximum Gasteiger partial charge on any atom is 0.224 e. The molecule has 5 heteroatoms. The molecule has 2 N–H and O–H groups in total. The molecule has 0 atom stereocenters. The van der Waals surface area contributed by atoms with Crippen molar-refractivity contribution in [1.82, 2.24) is 5.32 Å². The number of carbonyl (C=O) groups excluding carboxylic acids is 1. The summed E-state index contributed by atoms with van der Waals surface area (Å²) in [7, 11) is 1.88. The molecule has 1 amide bonds.